The summed E-state index contributed by atoms with van der Waals surface area (Å²) in [5.41, 5.74) is 0.804. The van der Waals surface area contributed by atoms with Crippen molar-refractivity contribution in [1.29, 1.82) is 5.26 Å². The zero-order valence-electron chi connectivity index (χ0n) is 10.1. The van der Waals surface area contributed by atoms with Crippen LogP contribution in [0.1, 0.15) is 17.3 Å². The molecular weight excluding hydrogens is 242 g/mol. The van der Waals surface area contributed by atoms with Gasteiger partial charge in [-0.15, -0.1) is 0 Å². The van der Waals surface area contributed by atoms with E-state index in [9.17, 15) is 5.26 Å². The summed E-state index contributed by atoms with van der Waals surface area (Å²) in [5.74, 6) is 1.36. The van der Waals surface area contributed by atoms with Crippen molar-refractivity contribution in [3.63, 3.8) is 0 Å². The van der Waals surface area contributed by atoms with Crippen LogP contribution in [0.4, 0.5) is 0 Å². The van der Waals surface area contributed by atoms with Gasteiger partial charge in [-0.1, -0.05) is 6.07 Å². The van der Waals surface area contributed by atoms with E-state index in [4.69, 9.17) is 9.47 Å². The molecule has 0 amide bonds. The van der Waals surface area contributed by atoms with Crippen LogP contribution in [0.2, 0.25) is 0 Å². The minimum absolute atomic E-state index is 0.488. The van der Waals surface area contributed by atoms with E-state index in [2.05, 4.69) is 16.0 Å². The van der Waals surface area contributed by atoms with E-state index in [0.29, 0.717) is 30.5 Å². The van der Waals surface area contributed by atoms with Crippen molar-refractivity contribution in [2.45, 2.75) is 5.92 Å². The van der Waals surface area contributed by atoms with Crippen molar-refractivity contribution in [2.75, 3.05) is 13.2 Å². The molecule has 1 unspecified atom stereocenters. The average molecular weight is 253 g/mol. The quantitative estimate of drug-likeness (QED) is 0.817. The highest BCUT2D eigenvalue weighted by atomic mass is 16.6. The number of nitriles is 1. The molecule has 94 valence electrons. The molecule has 1 aliphatic rings. The molecular formula is C14H11N3O2. The molecule has 0 aliphatic carbocycles. The minimum atomic E-state index is -0.503. The van der Waals surface area contributed by atoms with Gasteiger partial charge in [0.25, 0.3) is 0 Å². The number of aromatic nitrogens is 2. The molecule has 2 heterocycles. The van der Waals surface area contributed by atoms with E-state index in [-0.39, 0.29) is 0 Å². The molecule has 1 atom stereocenters. The lowest BCUT2D eigenvalue weighted by atomic mass is 9.99. The van der Waals surface area contributed by atoms with Gasteiger partial charge in [0.2, 0.25) is 0 Å². The van der Waals surface area contributed by atoms with E-state index >= 15 is 0 Å². The fourth-order valence-electron chi connectivity index (χ4n) is 1.98. The fraction of sp³-hybridized carbons (Fsp3) is 0.214. The van der Waals surface area contributed by atoms with E-state index in [0.717, 1.165) is 5.56 Å². The monoisotopic (exact) mass is 253 g/mol. The molecule has 1 aromatic heterocycles. The molecule has 5 nitrogen and oxygen atoms in total. The third kappa shape index (κ3) is 2.20. The highest BCUT2D eigenvalue weighted by Crippen LogP contribution is 2.34. The topological polar surface area (TPSA) is 68.0 Å². The molecule has 5 heteroatoms. The Hall–Kier alpha value is -2.61. The van der Waals surface area contributed by atoms with Crippen LogP contribution in [0.25, 0.3) is 0 Å². The largest absolute Gasteiger partial charge is 0.486 e. The van der Waals surface area contributed by atoms with Crippen LogP contribution in [0.3, 0.4) is 0 Å². The first-order valence-electron chi connectivity index (χ1n) is 5.94. The van der Waals surface area contributed by atoms with E-state index in [1.807, 2.05) is 18.2 Å². The number of rotatable bonds is 2. The van der Waals surface area contributed by atoms with Gasteiger partial charge in [-0.25, -0.2) is 9.97 Å². The van der Waals surface area contributed by atoms with Crippen LogP contribution in [0.5, 0.6) is 11.5 Å². The second-order valence-electron chi connectivity index (χ2n) is 4.07. The van der Waals surface area contributed by atoms with Crippen LogP contribution in [0, 0.1) is 11.3 Å². The number of ether oxygens (including phenoxy) is 2. The summed E-state index contributed by atoms with van der Waals surface area (Å²) < 4.78 is 11.0. The van der Waals surface area contributed by atoms with Crippen LogP contribution in [-0.4, -0.2) is 23.2 Å². The molecule has 0 radical (unpaired) electrons. The molecule has 0 saturated carbocycles. The van der Waals surface area contributed by atoms with Gasteiger partial charge in [-0.05, 0) is 23.8 Å². The Morgan fingerprint density at radius 2 is 1.84 bits per heavy atom. The summed E-state index contributed by atoms with van der Waals surface area (Å²) in [7, 11) is 0. The van der Waals surface area contributed by atoms with Gasteiger partial charge in [0.1, 0.15) is 25.0 Å². The summed E-state index contributed by atoms with van der Waals surface area (Å²) in [6, 6.07) is 9.42. The molecule has 19 heavy (non-hydrogen) atoms. The lowest BCUT2D eigenvalue weighted by Crippen LogP contribution is -2.15. The van der Waals surface area contributed by atoms with Gasteiger partial charge in [0.05, 0.1) is 6.07 Å². The number of benzene rings is 1. The summed E-state index contributed by atoms with van der Waals surface area (Å²) in [6.07, 6.45) is 3.26. The Balaban J connectivity index is 1.99. The normalized spacial score (nSPS) is 14.5. The van der Waals surface area contributed by atoms with Crippen LogP contribution >= 0.6 is 0 Å². The van der Waals surface area contributed by atoms with E-state index < -0.39 is 5.92 Å². The highest BCUT2D eigenvalue weighted by Gasteiger charge is 2.19. The van der Waals surface area contributed by atoms with Crippen LogP contribution in [0.15, 0.2) is 36.7 Å². The number of fused-ring (bicyclic) bond motifs is 1. The molecule has 3 rings (SSSR count). The smallest absolute Gasteiger partial charge is 0.161 e. The third-order valence-electron chi connectivity index (χ3n) is 2.87. The Morgan fingerprint density at radius 1 is 1.11 bits per heavy atom. The van der Waals surface area contributed by atoms with Crippen molar-refractivity contribution in [3.05, 3.63) is 48.0 Å². The summed E-state index contributed by atoms with van der Waals surface area (Å²) in [4.78, 5) is 8.27. The summed E-state index contributed by atoms with van der Waals surface area (Å²) in [6.45, 7) is 1.07. The second-order valence-corrected chi connectivity index (χ2v) is 4.07. The molecule has 1 aromatic carbocycles. The summed E-state index contributed by atoms with van der Waals surface area (Å²) in [5, 5.41) is 9.33. The highest BCUT2D eigenvalue weighted by molar-refractivity contribution is 5.47. The average Bonchev–Trinajstić information content (AvgIpc) is 2.49. The van der Waals surface area contributed by atoms with E-state index in [1.54, 1.807) is 18.5 Å². The van der Waals surface area contributed by atoms with Gasteiger partial charge in [0.15, 0.2) is 11.5 Å². The van der Waals surface area contributed by atoms with E-state index in [1.165, 1.54) is 0 Å². The first-order valence-corrected chi connectivity index (χ1v) is 5.94. The number of hydrogen-bond donors (Lipinski definition) is 0. The molecule has 0 spiro atoms. The predicted molar refractivity (Wildman–Crippen MR) is 66.9 cm³/mol. The van der Waals surface area contributed by atoms with Gasteiger partial charge < -0.3 is 9.47 Å². The molecule has 0 bridgehead atoms. The van der Waals surface area contributed by atoms with Gasteiger partial charge in [0, 0.05) is 12.4 Å². The molecule has 0 N–H and O–H groups in total. The fourth-order valence-corrected chi connectivity index (χ4v) is 1.98. The Labute approximate surface area is 110 Å². The second kappa shape index (κ2) is 4.94. The molecule has 1 aliphatic heterocycles. The maximum Gasteiger partial charge on any atom is 0.161 e. The Bertz CT molecular complexity index is 622. The minimum Gasteiger partial charge on any atom is -0.486 e. The van der Waals surface area contributed by atoms with Crippen molar-refractivity contribution in [2.24, 2.45) is 0 Å². The Morgan fingerprint density at radius 3 is 2.58 bits per heavy atom. The van der Waals surface area contributed by atoms with Crippen LogP contribution in [-0.2, 0) is 0 Å². The maximum atomic E-state index is 9.33. The zero-order valence-corrected chi connectivity index (χ0v) is 10.1. The van der Waals surface area contributed by atoms with Crippen LogP contribution < -0.4 is 9.47 Å². The lowest BCUT2D eigenvalue weighted by Gasteiger charge is -2.19. The zero-order chi connectivity index (χ0) is 13.1. The Kier molecular flexibility index (Phi) is 2.99. The van der Waals surface area contributed by atoms with Crippen molar-refractivity contribution in [3.8, 4) is 17.6 Å². The molecule has 2 aromatic rings. The van der Waals surface area contributed by atoms with Gasteiger partial charge in [-0.3, -0.25) is 0 Å². The number of hydrogen-bond acceptors (Lipinski definition) is 5. The number of nitrogens with zero attached hydrogens (tertiary/aromatic N) is 3. The van der Waals surface area contributed by atoms with Gasteiger partial charge >= 0.3 is 0 Å². The molecule has 0 saturated heterocycles. The van der Waals surface area contributed by atoms with Crippen molar-refractivity contribution in [1.82, 2.24) is 9.97 Å². The summed E-state index contributed by atoms with van der Waals surface area (Å²) >= 11 is 0. The van der Waals surface area contributed by atoms with Crippen molar-refractivity contribution < 1.29 is 9.47 Å². The third-order valence-corrected chi connectivity index (χ3v) is 2.87. The molecule has 0 fully saturated rings. The first kappa shape index (κ1) is 11.5. The lowest BCUT2D eigenvalue weighted by molar-refractivity contribution is 0.171. The first-order chi connectivity index (χ1) is 9.38. The standard InChI is InChI=1S/C14H11N3O2/c15-9-11(14-16-4-1-5-17-14)10-2-3-12-13(8-10)19-7-6-18-12/h1-5,8,11H,6-7H2. The maximum absolute atomic E-state index is 9.33. The SMILES string of the molecule is N#CC(c1ccc2c(c1)OCCO2)c1ncccn1. The van der Waals surface area contributed by atoms with Gasteiger partial charge in [-0.2, -0.15) is 5.26 Å². The predicted octanol–water partition coefficient (Wildman–Crippen LogP) is 1.90. The van der Waals surface area contributed by atoms with Crippen molar-refractivity contribution >= 4 is 0 Å².